The number of aliphatic carboxylic acids is 1. The predicted molar refractivity (Wildman–Crippen MR) is 31.3 cm³/mol. The van der Waals surface area contributed by atoms with Crippen molar-refractivity contribution in [1.29, 1.82) is 0 Å². The van der Waals surface area contributed by atoms with Crippen LogP contribution in [-0.4, -0.2) is 30.8 Å². The van der Waals surface area contributed by atoms with E-state index in [0.29, 0.717) is 4.44 Å². The zero-order valence-corrected chi connectivity index (χ0v) is 7.94. The molecule has 0 aromatic carbocycles. The van der Waals surface area contributed by atoms with Crippen LogP contribution in [0.3, 0.4) is 0 Å². The fourth-order valence-corrected chi connectivity index (χ4v) is 2.34. The monoisotopic (exact) mass is 210 g/mol. The maximum absolute atomic E-state index is 9.86. The van der Waals surface area contributed by atoms with Crippen molar-refractivity contribution >= 4 is 25.7 Å². The molecule has 0 heterocycles. The fourth-order valence-electron chi connectivity index (χ4n) is 0.349. The SMILES string of the molecule is [CH3][SnH]([CH3])[CH2]C(=O)O. The zero-order valence-electron chi connectivity index (χ0n) is 4.64. The number of rotatable bonds is 2. The average Bonchev–Trinajstić information content (AvgIpc) is 1.27. The Bertz CT molecular complexity index is 70.1. The van der Waals surface area contributed by atoms with E-state index in [9.17, 15) is 4.79 Å². The van der Waals surface area contributed by atoms with Crippen molar-refractivity contribution in [3.63, 3.8) is 0 Å². The Labute approximate surface area is 50.3 Å². The van der Waals surface area contributed by atoms with Gasteiger partial charge < -0.3 is 0 Å². The van der Waals surface area contributed by atoms with Gasteiger partial charge in [-0.2, -0.15) is 0 Å². The molecule has 0 bridgehead atoms. The Hall–Kier alpha value is 0.269. The Morgan fingerprint density at radius 1 is 1.71 bits per heavy atom. The van der Waals surface area contributed by atoms with Gasteiger partial charge >= 0.3 is 49.9 Å². The molecular weight excluding hydrogens is 199 g/mol. The van der Waals surface area contributed by atoms with Gasteiger partial charge in [0.05, 0.1) is 0 Å². The van der Waals surface area contributed by atoms with E-state index in [1.807, 2.05) is 0 Å². The van der Waals surface area contributed by atoms with Crippen molar-refractivity contribution in [2.24, 2.45) is 0 Å². The molecule has 2 nitrogen and oxygen atoms in total. The quantitative estimate of drug-likeness (QED) is 0.674. The van der Waals surface area contributed by atoms with Crippen molar-refractivity contribution in [1.82, 2.24) is 0 Å². The van der Waals surface area contributed by atoms with E-state index in [2.05, 4.69) is 9.88 Å². The molecule has 0 aliphatic rings. The molecule has 0 spiro atoms. The summed E-state index contributed by atoms with van der Waals surface area (Å²) in [4.78, 5) is 14.0. The summed E-state index contributed by atoms with van der Waals surface area (Å²) in [6, 6.07) is 0. The van der Waals surface area contributed by atoms with Gasteiger partial charge in [-0.3, -0.25) is 0 Å². The molecule has 0 fully saturated rings. The minimum absolute atomic E-state index is 0.488. The second-order valence-electron chi connectivity index (χ2n) is 1.99. The predicted octanol–water partition coefficient (Wildman–Crippen LogP) is 0.558. The van der Waals surface area contributed by atoms with Gasteiger partial charge in [0.2, 0.25) is 0 Å². The van der Waals surface area contributed by atoms with Crippen LogP contribution in [-0.2, 0) is 4.79 Å². The summed E-state index contributed by atoms with van der Waals surface area (Å²) in [6.07, 6.45) is 0. The van der Waals surface area contributed by atoms with Crippen LogP contribution in [0.5, 0.6) is 0 Å². The van der Waals surface area contributed by atoms with E-state index in [1.54, 1.807) is 0 Å². The molecule has 0 radical (unpaired) electrons. The molecule has 3 heteroatoms. The summed E-state index contributed by atoms with van der Waals surface area (Å²) in [6.45, 7) is 0. The van der Waals surface area contributed by atoms with E-state index in [1.165, 1.54) is 0 Å². The molecule has 0 amide bonds. The number of carboxylic acids is 1. The van der Waals surface area contributed by atoms with Crippen LogP contribution < -0.4 is 0 Å². The molecule has 0 aliphatic carbocycles. The van der Waals surface area contributed by atoms with Crippen molar-refractivity contribution in [3.8, 4) is 0 Å². The van der Waals surface area contributed by atoms with Crippen molar-refractivity contribution < 1.29 is 9.90 Å². The van der Waals surface area contributed by atoms with Gasteiger partial charge in [-0.25, -0.2) is 0 Å². The summed E-state index contributed by atoms with van der Waals surface area (Å²) in [5.74, 6) is -0.620. The molecule has 0 aromatic rings. The van der Waals surface area contributed by atoms with Gasteiger partial charge in [-0.1, -0.05) is 0 Å². The van der Waals surface area contributed by atoms with Gasteiger partial charge in [-0.15, -0.1) is 0 Å². The maximum atomic E-state index is 9.86. The second-order valence-corrected chi connectivity index (χ2v) is 11.1. The average molecular weight is 209 g/mol. The molecule has 0 saturated heterocycles. The zero-order chi connectivity index (χ0) is 5.86. The van der Waals surface area contributed by atoms with E-state index in [-0.39, 0.29) is 0 Å². The fraction of sp³-hybridized carbons (Fsp3) is 0.750. The number of carboxylic acid groups (broad SMARTS) is 1. The third-order valence-corrected chi connectivity index (χ3v) is 3.91. The summed E-state index contributed by atoms with van der Waals surface area (Å²) in [5, 5.41) is 8.14. The van der Waals surface area contributed by atoms with Gasteiger partial charge in [-0.05, 0) is 0 Å². The Balaban J connectivity index is 3.13. The van der Waals surface area contributed by atoms with E-state index in [4.69, 9.17) is 5.11 Å². The summed E-state index contributed by atoms with van der Waals surface area (Å²) in [7, 11) is 0. The standard InChI is InChI=1S/C2H3O2.2CH3.Sn.H/c1-2(3)4;;;;/h1H2,(H,3,4);2*1H3;;. The van der Waals surface area contributed by atoms with Crippen molar-refractivity contribution in [2.75, 3.05) is 0 Å². The number of hydrogen-bond donors (Lipinski definition) is 1. The van der Waals surface area contributed by atoms with E-state index in [0.717, 1.165) is 0 Å². The topological polar surface area (TPSA) is 37.3 Å². The Morgan fingerprint density at radius 2 is 2.14 bits per heavy atom. The van der Waals surface area contributed by atoms with Crippen LogP contribution in [0, 0.1) is 0 Å². The summed E-state index contributed by atoms with van der Waals surface area (Å²) >= 11 is -1.39. The first-order chi connectivity index (χ1) is 3.13. The molecule has 0 rings (SSSR count). The molecule has 1 N–H and O–H groups in total. The molecule has 0 aliphatic heterocycles. The molecule has 0 saturated carbocycles. The summed E-state index contributed by atoms with van der Waals surface area (Å²) < 4.78 is 0.488. The minimum atomic E-state index is -1.39. The van der Waals surface area contributed by atoms with Crippen LogP contribution in [0.4, 0.5) is 0 Å². The Morgan fingerprint density at radius 3 is 2.14 bits per heavy atom. The first-order valence-electron chi connectivity index (χ1n) is 2.34. The molecule has 7 heavy (non-hydrogen) atoms. The first-order valence-corrected chi connectivity index (χ1v) is 11.3. The van der Waals surface area contributed by atoms with Crippen molar-refractivity contribution in [2.45, 2.75) is 14.3 Å². The van der Waals surface area contributed by atoms with Gasteiger partial charge in [0, 0.05) is 0 Å². The molecular formula is C4H10O2Sn. The third-order valence-electron chi connectivity index (χ3n) is 0.583. The normalized spacial score (nSPS) is 9.57. The Kier molecular flexibility index (Phi) is 3.42. The van der Waals surface area contributed by atoms with E-state index < -0.39 is 25.7 Å². The van der Waals surface area contributed by atoms with Crippen LogP contribution >= 0.6 is 0 Å². The number of hydrogen-bond acceptors (Lipinski definition) is 1. The van der Waals surface area contributed by atoms with Crippen LogP contribution in [0.2, 0.25) is 14.3 Å². The first kappa shape index (κ1) is 7.27. The van der Waals surface area contributed by atoms with Crippen LogP contribution in [0.25, 0.3) is 0 Å². The van der Waals surface area contributed by atoms with Crippen LogP contribution in [0.1, 0.15) is 0 Å². The van der Waals surface area contributed by atoms with Gasteiger partial charge in [0.15, 0.2) is 0 Å². The molecule has 0 unspecified atom stereocenters. The van der Waals surface area contributed by atoms with Gasteiger partial charge in [0.1, 0.15) is 0 Å². The van der Waals surface area contributed by atoms with Crippen molar-refractivity contribution in [3.05, 3.63) is 0 Å². The second kappa shape index (κ2) is 3.29. The van der Waals surface area contributed by atoms with Gasteiger partial charge in [0.25, 0.3) is 0 Å². The summed E-state index contributed by atoms with van der Waals surface area (Å²) in [5.41, 5.74) is 0. The van der Waals surface area contributed by atoms with E-state index >= 15 is 0 Å². The van der Waals surface area contributed by atoms with Crippen LogP contribution in [0.15, 0.2) is 0 Å². The third kappa shape index (κ3) is 6.27. The molecule has 0 aromatic heterocycles. The number of carbonyl (C=O) groups is 1. The molecule has 42 valence electrons. The molecule has 0 atom stereocenters.